The van der Waals surface area contributed by atoms with Crippen molar-refractivity contribution in [1.82, 2.24) is 0 Å². The minimum atomic E-state index is -0.578. The quantitative estimate of drug-likeness (QED) is 0.0307. The van der Waals surface area contributed by atoms with E-state index < -0.39 is 35.8 Å². The van der Waals surface area contributed by atoms with Gasteiger partial charge in [0.15, 0.2) is 0 Å². The fourth-order valence-electron chi connectivity index (χ4n) is 6.81. The van der Waals surface area contributed by atoms with Gasteiger partial charge in [0.2, 0.25) is 0 Å². The van der Waals surface area contributed by atoms with Crippen LogP contribution in [-0.4, -0.2) is 42.4 Å². The van der Waals surface area contributed by atoms with Crippen molar-refractivity contribution < 1.29 is 61.9 Å². The SMILES string of the molecule is C=C(C)C(=O)Oc1ccc(-c2cc(OC(=O)C(=C)C)c(-c3ccc(OC(=O)C(=C)C)cc3)cc2C)cc1.C=C(C)C(=O)Oc1ccc(-c2cc(OC(=O)C(=C)C)c(-c3ccc(OC(=O)C(=C)C)cc3)cc2OCCCC)cc1. The van der Waals surface area contributed by atoms with E-state index >= 15 is 0 Å². The average Bonchev–Trinajstić information content (AvgIpc) is 3.43. The number of unbranched alkanes of at least 4 members (excludes halogenated alkanes) is 1. The van der Waals surface area contributed by atoms with Crippen LogP contribution in [0.2, 0.25) is 0 Å². The number of esters is 6. The summed E-state index contributed by atoms with van der Waals surface area (Å²) in [5, 5.41) is 0. The lowest BCUT2D eigenvalue weighted by Crippen LogP contribution is -2.10. The molecule has 13 heteroatoms. The molecule has 13 nitrogen and oxygen atoms in total. The Morgan fingerprint density at radius 1 is 0.346 bits per heavy atom. The van der Waals surface area contributed by atoms with E-state index in [9.17, 15) is 28.8 Å². The molecule has 0 heterocycles. The first kappa shape index (κ1) is 59.3. The first-order valence-corrected chi connectivity index (χ1v) is 24.6. The van der Waals surface area contributed by atoms with Crippen molar-refractivity contribution in [3.05, 3.63) is 200 Å². The second-order valence-electron chi connectivity index (χ2n) is 18.3. The summed E-state index contributed by atoms with van der Waals surface area (Å²) in [5.74, 6) is -0.468. The maximum atomic E-state index is 12.6. The smallest absolute Gasteiger partial charge is 0.338 e. The third-order valence-electron chi connectivity index (χ3n) is 11.2. The number of hydrogen-bond acceptors (Lipinski definition) is 13. The maximum absolute atomic E-state index is 12.6. The van der Waals surface area contributed by atoms with E-state index in [1.54, 1.807) is 139 Å². The van der Waals surface area contributed by atoms with Gasteiger partial charge in [-0.3, -0.25) is 0 Å². The Morgan fingerprint density at radius 2 is 0.590 bits per heavy atom. The second-order valence-corrected chi connectivity index (χ2v) is 18.3. The maximum Gasteiger partial charge on any atom is 0.338 e. The van der Waals surface area contributed by atoms with E-state index in [1.807, 2.05) is 31.2 Å². The van der Waals surface area contributed by atoms with Crippen LogP contribution in [0.25, 0.3) is 44.5 Å². The van der Waals surface area contributed by atoms with Crippen LogP contribution in [-0.2, 0) is 28.8 Å². The lowest BCUT2D eigenvalue weighted by atomic mass is 9.94. The van der Waals surface area contributed by atoms with E-state index in [0.717, 1.165) is 40.7 Å². The van der Waals surface area contributed by atoms with Gasteiger partial charge < -0.3 is 33.2 Å². The molecule has 0 aliphatic rings. The zero-order valence-electron chi connectivity index (χ0n) is 45.2. The molecule has 0 amide bonds. The molecule has 0 N–H and O–H groups in total. The molecule has 0 unspecified atom stereocenters. The Labute approximate surface area is 455 Å². The molecule has 0 saturated heterocycles. The Kier molecular flexibility index (Phi) is 20.7. The molecule has 0 saturated carbocycles. The van der Waals surface area contributed by atoms with Crippen molar-refractivity contribution in [1.29, 1.82) is 0 Å². The van der Waals surface area contributed by atoms with Crippen molar-refractivity contribution in [2.45, 2.75) is 68.2 Å². The summed E-state index contributed by atoms with van der Waals surface area (Å²) >= 11 is 0. The van der Waals surface area contributed by atoms with Crippen LogP contribution in [0.5, 0.6) is 40.2 Å². The van der Waals surface area contributed by atoms with Gasteiger partial charge in [-0.25, -0.2) is 28.8 Å². The highest BCUT2D eigenvalue weighted by atomic mass is 16.6. The van der Waals surface area contributed by atoms with Crippen LogP contribution in [0.15, 0.2) is 194 Å². The van der Waals surface area contributed by atoms with Gasteiger partial charge in [-0.2, -0.15) is 0 Å². The van der Waals surface area contributed by atoms with Gasteiger partial charge in [-0.1, -0.05) is 101 Å². The minimum Gasteiger partial charge on any atom is -0.493 e. The molecule has 0 spiro atoms. The summed E-state index contributed by atoms with van der Waals surface area (Å²) in [4.78, 5) is 72.5. The average molecular weight is 1050 g/mol. The van der Waals surface area contributed by atoms with Gasteiger partial charge >= 0.3 is 35.8 Å². The van der Waals surface area contributed by atoms with Crippen molar-refractivity contribution in [3.63, 3.8) is 0 Å². The molecule has 6 rings (SSSR count). The van der Waals surface area contributed by atoms with E-state index in [1.165, 1.54) is 0 Å². The van der Waals surface area contributed by atoms with Crippen molar-refractivity contribution >= 4 is 35.8 Å². The summed E-state index contributed by atoms with van der Waals surface area (Å²) in [6, 6.07) is 34.9. The Morgan fingerprint density at radius 3 is 0.885 bits per heavy atom. The standard InChI is InChI=1S/C34H34O7.C31H28O6/c1-8-9-18-38-30-19-29(25-12-16-27(17-13-25)40-33(36)22(4)5)31(41-34(37)23(6)7)20-28(30)24-10-14-26(15-11-24)39-32(35)21(2)3;1-18(2)29(32)35-24-12-8-22(9-13-24)26-17-28(37-31(34)20(5)6)27(16-21(26)7)23-10-14-25(15-11-23)36-30(33)19(3)4/h10-17,19-20H,2,4,6,8-9,18H2,1,3,5,7H3;8-17H,1,3,5H2,2,4,6-7H3. The molecule has 400 valence electrons. The Hall–Kier alpha value is -9.62. The summed E-state index contributed by atoms with van der Waals surface area (Å²) in [6.07, 6.45) is 1.80. The number of benzene rings is 6. The molecule has 0 aliphatic heterocycles. The lowest BCUT2D eigenvalue weighted by molar-refractivity contribution is -0.130. The van der Waals surface area contributed by atoms with Crippen molar-refractivity contribution in [2.75, 3.05) is 6.61 Å². The summed E-state index contributed by atoms with van der Waals surface area (Å²) in [5.41, 5.74) is 8.47. The summed E-state index contributed by atoms with van der Waals surface area (Å²) in [6.45, 7) is 35.7. The van der Waals surface area contributed by atoms with Crippen LogP contribution in [0.4, 0.5) is 0 Å². The van der Waals surface area contributed by atoms with Crippen LogP contribution in [0.3, 0.4) is 0 Å². The van der Waals surface area contributed by atoms with E-state index in [-0.39, 0.29) is 16.7 Å². The molecule has 0 radical (unpaired) electrons. The van der Waals surface area contributed by atoms with Crippen molar-refractivity contribution in [2.24, 2.45) is 0 Å². The molecule has 0 atom stereocenters. The predicted octanol–water partition coefficient (Wildman–Crippen LogP) is 14.4. The van der Waals surface area contributed by atoms with E-state index in [2.05, 4.69) is 46.4 Å². The fraction of sp³-hybridized carbons (Fsp3) is 0.169. The summed E-state index contributed by atoms with van der Waals surface area (Å²) in [7, 11) is 0. The van der Waals surface area contributed by atoms with Crippen LogP contribution in [0.1, 0.15) is 66.9 Å². The number of ether oxygens (including phenoxy) is 7. The van der Waals surface area contributed by atoms with E-state index in [0.29, 0.717) is 85.8 Å². The highest BCUT2D eigenvalue weighted by molar-refractivity contribution is 5.94. The van der Waals surface area contributed by atoms with Gasteiger partial charge in [0.1, 0.15) is 40.2 Å². The van der Waals surface area contributed by atoms with E-state index in [4.69, 9.17) is 33.2 Å². The fourth-order valence-corrected chi connectivity index (χ4v) is 6.81. The number of hydrogen-bond donors (Lipinski definition) is 0. The summed E-state index contributed by atoms with van der Waals surface area (Å²) < 4.78 is 38.8. The van der Waals surface area contributed by atoms with Gasteiger partial charge in [-0.15, -0.1) is 0 Å². The molecular weight excluding hydrogens is 989 g/mol. The zero-order chi connectivity index (χ0) is 57.4. The minimum absolute atomic E-state index is 0.242. The molecule has 78 heavy (non-hydrogen) atoms. The largest absolute Gasteiger partial charge is 0.493 e. The first-order valence-electron chi connectivity index (χ1n) is 24.6. The molecule has 0 aliphatic carbocycles. The number of carbonyl (C=O) groups excluding carboxylic acids is 6. The lowest BCUT2D eigenvalue weighted by Gasteiger charge is -2.18. The molecular formula is C65H62O13. The second kappa shape index (κ2) is 27.3. The Bertz CT molecular complexity index is 3340. The number of aryl methyl sites for hydroxylation is 1. The third-order valence-corrected chi connectivity index (χ3v) is 11.2. The van der Waals surface area contributed by atoms with Gasteiger partial charge in [0, 0.05) is 50.1 Å². The first-order chi connectivity index (χ1) is 36.9. The zero-order valence-corrected chi connectivity index (χ0v) is 45.2. The normalized spacial score (nSPS) is 10.3. The van der Waals surface area contributed by atoms with Gasteiger partial charge in [-0.05, 0) is 161 Å². The van der Waals surface area contributed by atoms with Crippen molar-refractivity contribution in [3.8, 4) is 84.8 Å². The highest BCUT2D eigenvalue weighted by Crippen LogP contribution is 2.43. The Balaban J connectivity index is 0.000000289. The highest BCUT2D eigenvalue weighted by Gasteiger charge is 2.21. The van der Waals surface area contributed by atoms with Crippen LogP contribution < -0.4 is 33.2 Å². The van der Waals surface area contributed by atoms with Crippen LogP contribution in [0, 0.1) is 6.92 Å². The topological polar surface area (TPSA) is 167 Å². The molecule has 0 fully saturated rings. The van der Waals surface area contributed by atoms with Gasteiger partial charge in [0.05, 0.1) is 6.61 Å². The molecule has 6 aromatic carbocycles. The predicted molar refractivity (Wildman–Crippen MR) is 302 cm³/mol. The monoisotopic (exact) mass is 1050 g/mol. The molecule has 6 aromatic rings. The number of carbonyl (C=O) groups is 6. The molecule has 0 aromatic heterocycles. The third kappa shape index (κ3) is 16.4. The molecule has 0 bridgehead atoms. The van der Waals surface area contributed by atoms with Gasteiger partial charge in [0.25, 0.3) is 0 Å². The van der Waals surface area contributed by atoms with Crippen LogP contribution >= 0.6 is 0 Å². The number of rotatable bonds is 20.